The Hall–Kier alpha value is -4.08. The molecule has 0 saturated carbocycles. The molecule has 0 aliphatic carbocycles. The topological polar surface area (TPSA) is 149 Å². The van der Waals surface area contributed by atoms with Crippen LogP contribution >= 0.6 is 0 Å². The van der Waals surface area contributed by atoms with Crippen molar-refractivity contribution in [3.8, 4) is 0 Å². The molecule has 0 spiro atoms. The van der Waals surface area contributed by atoms with Gasteiger partial charge in [0.25, 0.3) is 0 Å². The van der Waals surface area contributed by atoms with Crippen molar-refractivity contribution in [3.63, 3.8) is 0 Å². The molecule has 0 atom stereocenters. The standard InChI is InChI=1S/C29H43N9O/c1-5-37(6-2)29(39)38-11-9-21(10-12-38)17-33-18-24(16-31)23-13-26-25(34-19-23)7-8-28(35-26)36-27(32)14-22(15-30)20(3)4/h7-8,13-16,18-21,31,33H,5-6,9-12,17,30,32H2,1-4H3,(H,35,36)/b22-15+,24-18+,27-14+,31-16?. The lowest BCUT2D eigenvalue weighted by Gasteiger charge is -2.35. The summed E-state index contributed by atoms with van der Waals surface area (Å²) >= 11 is 0. The van der Waals surface area contributed by atoms with E-state index in [9.17, 15) is 4.79 Å². The van der Waals surface area contributed by atoms with Crippen LogP contribution in [0.2, 0.25) is 0 Å². The predicted molar refractivity (Wildman–Crippen MR) is 160 cm³/mol. The highest BCUT2D eigenvalue weighted by Crippen LogP contribution is 2.21. The number of aromatic nitrogens is 2. The quantitative estimate of drug-likeness (QED) is 0.216. The SMILES string of the molecule is CCN(CC)C(=O)N1CCC(CN/C=C(\C=N)c2cnc3ccc(N/C(N)=C/C(=C\N)C(C)C)nc3c2)CC1. The minimum atomic E-state index is 0.139. The van der Waals surface area contributed by atoms with Crippen molar-refractivity contribution in [2.45, 2.75) is 40.5 Å². The molecule has 1 saturated heterocycles. The Morgan fingerprint density at radius 3 is 2.56 bits per heavy atom. The van der Waals surface area contributed by atoms with E-state index >= 15 is 0 Å². The highest BCUT2D eigenvalue weighted by atomic mass is 16.2. The lowest BCUT2D eigenvalue weighted by Crippen LogP contribution is -2.47. The molecule has 7 N–H and O–H groups in total. The van der Waals surface area contributed by atoms with E-state index in [-0.39, 0.29) is 11.9 Å². The minimum Gasteiger partial charge on any atom is -0.404 e. The van der Waals surface area contributed by atoms with Crippen LogP contribution in [0, 0.1) is 17.2 Å². The van der Waals surface area contributed by atoms with Crippen LogP contribution in [-0.4, -0.2) is 64.7 Å². The van der Waals surface area contributed by atoms with Gasteiger partial charge in [0.05, 0.1) is 11.0 Å². The highest BCUT2D eigenvalue weighted by molar-refractivity contribution is 6.08. The number of carbonyl (C=O) groups excluding carboxylic acids is 1. The van der Waals surface area contributed by atoms with Crippen molar-refractivity contribution in [2.75, 3.05) is 38.0 Å². The van der Waals surface area contributed by atoms with Crippen LogP contribution in [0.5, 0.6) is 0 Å². The zero-order chi connectivity index (χ0) is 28.4. The summed E-state index contributed by atoms with van der Waals surface area (Å²) in [6.45, 7) is 11.9. The number of piperidine rings is 1. The zero-order valence-electron chi connectivity index (χ0n) is 23.6. The summed E-state index contributed by atoms with van der Waals surface area (Å²) < 4.78 is 0. The summed E-state index contributed by atoms with van der Waals surface area (Å²) in [6, 6.07) is 5.77. The predicted octanol–water partition coefficient (Wildman–Crippen LogP) is 4.09. The fourth-order valence-electron chi connectivity index (χ4n) is 4.57. The van der Waals surface area contributed by atoms with Gasteiger partial charge in [0.2, 0.25) is 0 Å². The Labute approximate surface area is 231 Å². The Balaban J connectivity index is 1.63. The van der Waals surface area contributed by atoms with Gasteiger partial charge < -0.3 is 37.3 Å². The number of fused-ring (bicyclic) bond motifs is 1. The van der Waals surface area contributed by atoms with Crippen molar-refractivity contribution >= 4 is 34.7 Å². The highest BCUT2D eigenvalue weighted by Gasteiger charge is 2.24. The Kier molecular flexibility index (Phi) is 10.7. The summed E-state index contributed by atoms with van der Waals surface area (Å²) in [6.07, 6.45) is 10.2. The number of nitrogens with one attached hydrogen (secondary N) is 3. The van der Waals surface area contributed by atoms with Crippen molar-refractivity contribution in [1.29, 1.82) is 5.41 Å². The molecule has 0 radical (unpaired) electrons. The van der Waals surface area contributed by atoms with Crippen LogP contribution in [0.15, 0.2) is 54.3 Å². The fourth-order valence-corrected chi connectivity index (χ4v) is 4.57. The molecule has 2 amide bonds. The lowest BCUT2D eigenvalue weighted by molar-refractivity contribution is 0.136. The molecule has 0 aromatic carbocycles. The Bertz CT molecular complexity index is 1220. The average molecular weight is 534 g/mol. The largest absolute Gasteiger partial charge is 0.404 e. The molecule has 1 fully saturated rings. The van der Waals surface area contributed by atoms with E-state index in [4.69, 9.17) is 16.9 Å². The molecule has 0 unspecified atom stereocenters. The van der Waals surface area contributed by atoms with Crippen LogP contribution in [-0.2, 0) is 0 Å². The number of pyridine rings is 2. The van der Waals surface area contributed by atoms with Crippen LogP contribution < -0.4 is 22.1 Å². The van der Waals surface area contributed by atoms with Crippen LogP contribution in [0.1, 0.15) is 46.1 Å². The van der Waals surface area contributed by atoms with Gasteiger partial charge in [-0.1, -0.05) is 13.8 Å². The van der Waals surface area contributed by atoms with Crippen molar-refractivity contribution in [1.82, 2.24) is 25.1 Å². The second-order valence-corrected chi connectivity index (χ2v) is 10.0. The number of hydrogen-bond acceptors (Lipinski definition) is 8. The number of carbonyl (C=O) groups is 1. The number of nitrogens with zero attached hydrogens (tertiary/aromatic N) is 4. The van der Waals surface area contributed by atoms with Gasteiger partial charge in [0, 0.05) is 62.5 Å². The van der Waals surface area contributed by atoms with Crippen LogP contribution in [0.4, 0.5) is 10.6 Å². The average Bonchev–Trinajstić information content (AvgIpc) is 2.94. The number of hydrogen-bond donors (Lipinski definition) is 5. The summed E-state index contributed by atoms with van der Waals surface area (Å²) in [5.74, 6) is 1.77. The summed E-state index contributed by atoms with van der Waals surface area (Å²) in [7, 11) is 0. The molecule has 39 heavy (non-hydrogen) atoms. The van der Waals surface area contributed by atoms with E-state index < -0.39 is 0 Å². The molecule has 2 aromatic heterocycles. The molecule has 1 aliphatic heterocycles. The van der Waals surface area contributed by atoms with Gasteiger partial charge in [-0.15, -0.1) is 0 Å². The van der Waals surface area contributed by atoms with Crippen LogP contribution in [0.3, 0.4) is 0 Å². The number of likely N-dealkylation sites (tertiary alicyclic amines) is 1. The van der Waals surface area contributed by atoms with Gasteiger partial charge in [-0.3, -0.25) is 4.98 Å². The Morgan fingerprint density at radius 1 is 1.23 bits per heavy atom. The van der Waals surface area contributed by atoms with Gasteiger partial charge in [-0.05, 0) is 74.6 Å². The van der Waals surface area contributed by atoms with Crippen molar-refractivity contribution < 1.29 is 4.79 Å². The summed E-state index contributed by atoms with van der Waals surface area (Å²) in [4.78, 5) is 25.6. The molecule has 3 heterocycles. The van der Waals surface area contributed by atoms with Gasteiger partial charge in [0.15, 0.2) is 0 Å². The van der Waals surface area contributed by atoms with Crippen molar-refractivity contribution in [3.05, 3.63) is 59.8 Å². The third kappa shape index (κ3) is 7.95. The van der Waals surface area contributed by atoms with Gasteiger partial charge in [-0.2, -0.15) is 0 Å². The number of allylic oxidation sites excluding steroid dienone is 3. The number of nitrogens with two attached hydrogens (primary N) is 2. The lowest BCUT2D eigenvalue weighted by atomic mass is 9.97. The molecule has 10 heteroatoms. The summed E-state index contributed by atoms with van der Waals surface area (Å²) in [5, 5.41) is 14.4. The maximum atomic E-state index is 12.6. The molecule has 2 aromatic rings. The van der Waals surface area contributed by atoms with E-state index in [0.29, 0.717) is 28.6 Å². The third-order valence-electron chi connectivity index (χ3n) is 7.06. The maximum absolute atomic E-state index is 12.6. The first kappa shape index (κ1) is 29.5. The smallest absolute Gasteiger partial charge is 0.319 e. The Morgan fingerprint density at radius 2 is 1.95 bits per heavy atom. The fraction of sp³-hybridized carbons (Fsp3) is 0.448. The number of urea groups is 1. The summed E-state index contributed by atoms with van der Waals surface area (Å²) in [5.41, 5.74) is 15.7. The maximum Gasteiger partial charge on any atom is 0.319 e. The molecular formula is C29H43N9O. The van der Waals surface area contributed by atoms with Crippen molar-refractivity contribution in [2.24, 2.45) is 23.3 Å². The second-order valence-electron chi connectivity index (χ2n) is 10.0. The third-order valence-corrected chi connectivity index (χ3v) is 7.06. The molecular weight excluding hydrogens is 490 g/mol. The monoisotopic (exact) mass is 533 g/mol. The number of rotatable bonds is 11. The molecule has 1 aliphatic rings. The van der Waals surface area contributed by atoms with Gasteiger partial charge in [0.1, 0.15) is 11.6 Å². The molecule has 210 valence electrons. The van der Waals surface area contributed by atoms with Crippen LogP contribution in [0.25, 0.3) is 16.6 Å². The first-order valence-electron chi connectivity index (χ1n) is 13.7. The van der Waals surface area contributed by atoms with E-state index in [0.717, 1.165) is 62.2 Å². The molecule has 10 nitrogen and oxygen atoms in total. The normalized spacial score (nSPS) is 15.5. The van der Waals surface area contributed by atoms with Gasteiger partial charge >= 0.3 is 6.03 Å². The van der Waals surface area contributed by atoms with E-state index in [2.05, 4.69) is 20.6 Å². The molecule has 3 rings (SSSR count). The first-order valence-corrected chi connectivity index (χ1v) is 13.7. The van der Waals surface area contributed by atoms with E-state index in [1.807, 2.05) is 61.9 Å². The minimum absolute atomic E-state index is 0.139. The zero-order valence-corrected chi connectivity index (χ0v) is 23.6. The molecule has 0 bridgehead atoms. The van der Waals surface area contributed by atoms with E-state index in [1.54, 1.807) is 18.5 Å². The number of amides is 2. The number of anilines is 1. The second kappa shape index (κ2) is 14.2. The van der Waals surface area contributed by atoms with E-state index in [1.165, 1.54) is 6.21 Å². The first-order chi connectivity index (χ1) is 18.8. The van der Waals surface area contributed by atoms with Gasteiger partial charge in [-0.25, -0.2) is 9.78 Å².